The molecule has 0 aliphatic heterocycles. The van der Waals surface area contributed by atoms with Gasteiger partial charge in [-0.1, -0.05) is 30.3 Å². The van der Waals surface area contributed by atoms with Crippen molar-refractivity contribution in [1.82, 2.24) is 20.6 Å². The summed E-state index contributed by atoms with van der Waals surface area (Å²) in [5.74, 6) is -0.755. The number of aromatic nitrogens is 2. The molecule has 0 bridgehead atoms. The van der Waals surface area contributed by atoms with Crippen LogP contribution in [-0.2, 0) is 11.3 Å². The third-order valence-corrected chi connectivity index (χ3v) is 3.70. The molecular formula is C21H18N4O2. The Bertz CT molecular complexity index is 926. The largest absolute Gasteiger partial charge is 0.347 e. The monoisotopic (exact) mass is 358 g/mol. The Morgan fingerprint density at radius 2 is 1.63 bits per heavy atom. The highest BCUT2D eigenvalue weighted by Crippen LogP contribution is 2.06. The highest BCUT2D eigenvalue weighted by atomic mass is 16.2. The third kappa shape index (κ3) is 5.34. The van der Waals surface area contributed by atoms with Crippen molar-refractivity contribution in [2.24, 2.45) is 0 Å². The van der Waals surface area contributed by atoms with Crippen molar-refractivity contribution in [2.45, 2.75) is 6.54 Å². The van der Waals surface area contributed by atoms with E-state index in [0.29, 0.717) is 17.7 Å². The number of nitrogens with zero attached hydrogens (tertiary/aromatic N) is 2. The van der Waals surface area contributed by atoms with E-state index in [1.165, 1.54) is 0 Å². The lowest BCUT2D eigenvalue weighted by Crippen LogP contribution is -2.34. The van der Waals surface area contributed by atoms with Crippen LogP contribution in [0, 0.1) is 0 Å². The summed E-state index contributed by atoms with van der Waals surface area (Å²) in [6.07, 6.45) is 8.18. The van der Waals surface area contributed by atoms with Gasteiger partial charge in [-0.3, -0.25) is 19.6 Å². The number of carbonyl (C=O) groups is 2. The molecule has 2 heterocycles. The van der Waals surface area contributed by atoms with Crippen LogP contribution in [0.15, 0.2) is 85.1 Å². The highest BCUT2D eigenvalue weighted by Gasteiger charge is 2.14. The van der Waals surface area contributed by atoms with E-state index in [9.17, 15) is 9.59 Å². The number of benzene rings is 1. The minimum Gasteiger partial charge on any atom is -0.347 e. The molecule has 0 atom stereocenters. The molecule has 2 amide bonds. The van der Waals surface area contributed by atoms with Crippen LogP contribution in [0.1, 0.15) is 21.5 Å². The SMILES string of the molecule is O=C(NCc1cccnc1)/C(=C\c1cccnc1)NC(=O)c1ccccc1. The lowest BCUT2D eigenvalue weighted by Gasteiger charge is -2.11. The molecule has 27 heavy (non-hydrogen) atoms. The lowest BCUT2D eigenvalue weighted by atomic mass is 10.2. The molecule has 134 valence electrons. The second-order valence-corrected chi connectivity index (χ2v) is 5.71. The predicted octanol–water partition coefficient (Wildman–Crippen LogP) is 2.56. The fourth-order valence-corrected chi connectivity index (χ4v) is 2.35. The molecule has 0 radical (unpaired) electrons. The van der Waals surface area contributed by atoms with E-state index in [4.69, 9.17) is 0 Å². The topological polar surface area (TPSA) is 84.0 Å². The maximum Gasteiger partial charge on any atom is 0.268 e. The second-order valence-electron chi connectivity index (χ2n) is 5.71. The van der Waals surface area contributed by atoms with Gasteiger partial charge in [-0.15, -0.1) is 0 Å². The first-order valence-electron chi connectivity index (χ1n) is 8.37. The molecule has 6 nitrogen and oxygen atoms in total. The molecule has 0 spiro atoms. The van der Waals surface area contributed by atoms with Gasteiger partial charge in [0.2, 0.25) is 0 Å². The number of hydrogen-bond acceptors (Lipinski definition) is 4. The van der Waals surface area contributed by atoms with Crippen LogP contribution in [0.2, 0.25) is 0 Å². The van der Waals surface area contributed by atoms with Crippen molar-refractivity contribution in [3.8, 4) is 0 Å². The quantitative estimate of drug-likeness (QED) is 0.664. The van der Waals surface area contributed by atoms with Gasteiger partial charge in [0.15, 0.2) is 0 Å². The van der Waals surface area contributed by atoms with Crippen molar-refractivity contribution in [2.75, 3.05) is 0 Å². The van der Waals surface area contributed by atoms with Crippen molar-refractivity contribution in [3.63, 3.8) is 0 Å². The zero-order valence-electron chi connectivity index (χ0n) is 14.5. The van der Waals surface area contributed by atoms with E-state index in [1.807, 2.05) is 12.1 Å². The average molecular weight is 358 g/mol. The van der Waals surface area contributed by atoms with E-state index in [2.05, 4.69) is 20.6 Å². The molecule has 2 aromatic heterocycles. The molecule has 0 aliphatic carbocycles. The molecule has 1 aromatic carbocycles. The Morgan fingerprint density at radius 3 is 2.30 bits per heavy atom. The van der Waals surface area contributed by atoms with Crippen LogP contribution in [0.25, 0.3) is 6.08 Å². The van der Waals surface area contributed by atoms with Gasteiger partial charge in [-0.25, -0.2) is 0 Å². The first kappa shape index (κ1) is 18.0. The minimum atomic E-state index is -0.396. The van der Waals surface area contributed by atoms with Crippen molar-refractivity contribution in [1.29, 1.82) is 0 Å². The van der Waals surface area contributed by atoms with Crippen LogP contribution in [0.3, 0.4) is 0 Å². The normalized spacial score (nSPS) is 10.9. The van der Waals surface area contributed by atoms with Gasteiger partial charge in [-0.05, 0) is 41.5 Å². The molecule has 6 heteroatoms. The van der Waals surface area contributed by atoms with E-state index >= 15 is 0 Å². The van der Waals surface area contributed by atoms with Crippen LogP contribution >= 0.6 is 0 Å². The minimum absolute atomic E-state index is 0.140. The third-order valence-electron chi connectivity index (χ3n) is 3.70. The van der Waals surface area contributed by atoms with E-state index in [0.717, 1.165) is 5.56 Å². The Balaban J connectivity index is 1.78. The Kier molecular flexibility index (Phi) is 6.04. The summed E-state index contributed by atoms with van der Waals surface area (Å²) in [5.41, 5.74) is 2.17. The van der Waals surface area contributed by atoms with E-state index < -0.39 is 5.91 Å². The average Bonchev–Trinajstić information content (AvgIpc) is 2.73. The van der Waals surface area contributed by atoms with E-state index in [-0.39, 0.29) is 11.6 Å². The van der Waals surface area contributed by atoms with Gasteiger partial charge in [0.05, 0.1) is 0 Å². The van der Waals surface area contributed by atoms with Crippen molar-refractivity contribution >= 4 is 17.9 Å². The van der Waals surface area contributed by atoms with Gasteiger partial charge in [0.25, 0.3) is 11.8 Å². The molecule has 3 rings (SSSR count). The number of carbonyl (C=O) groups excluding carboxylic acids is 2. The van der Waals surface area contributed by atoms with Gasteiger partial charge in [0.1, 0.15) is 5.70 Å². The van der Waals surface area contributed by atoms with Crippen LogP contribution in [0.4, 0.5) is 0 Å². The zero-order chi connectivity index (χ0) is 18.9. The lowest BCUT2D eigenvalue weighted by molar-refractivity contribution is -0.117. The van der Waals surface area contributed by atoms with Crippen LogP contribution in [-0.4, -0.2) is 21.8 Å². The summed E-state index contributed by atoms with van der Waals surface area (Å²) >= 11 is 0. The summed E-state index contributed by atoms with van der Waals surface area (Å²) < 4.78 is 0. The molecule has 2 N–H and O–H groups in total. The fraction of sp³-hybridized carbons (Fsp3) is 0.0476. The first-order valence-corrected chi connectivity index (χ1v) is 8.37. The smallest absolute Gasteiger partial charge is 0.268 e. The van der Waals surface area contributed by atoms with Gasteiger partial charge < -0.3 is 10.6 Å². The standard InChI is InChI=1S/C21H18N4O2/c26-20(18-8-2-1-3-9-18)25-19(12-16-6-4-10-22-13-16)21(27)24-15-17-7-5-11-23-14-17/h1-14H,15H2,(H,24,27)(H,25,26)/b19-12+. The maximum atomic E-state index is 12.7. The maximum absolute atomic E-state index is 12.7. The van der Waals surface area contributed by atoms with Gasteiger partial charge in [0, 0.05) is 36.9 Å². The van der Waals surface area contributed by atoms with Crippen molar-refractivity contribution < 1.29 is 9.59 Å². The molecule has 3 aromatic rings. The van der Waals surface area contributed by atoms with Crippen LogP contribution in [0.5, 0.6) is 0 Å². The van der Waals surface area contributed by atoms with Gasteiger partial charge >= 0.3 is 0 Å². The molecule has 0 unspecified atom stereocenters. The van der Waals surface area contributed by atoms with Crippen molar-refractivity contribution in [3.05, 3.63) is 102 Å². The summed E-state index contributed by atoms with van der Waals surface area (Å²) in [4.78, 5) is 33.2. The summed E-state index contributed by atoms with van der Waals surface area (Å²) in [6, 6.07) is 15.9. The number of rotatable bonds is 6. The molecule has 0 saturated heterocycles. The molecular weight excluding hydrogens is 340 g/mol. The first-order chi connectivity index (χ1) is 13.2. The number of hydrogen-bond donors (Lipinski definition) is 2. The van der Waals surface area contributed by atoms with Crippen LogP contribution < -0.4 is 10.6 Å². The predicted molar refractivity (Wildman–Crippen MR) is 102 cm³/mol. The summed E-state index contributed by atoms with van der Waals surface area (Å²) in [5, 5.41) is 5.48. The van der Waals surface area contributed by atoms with Gasteiger partial charge in [-0.2, -0.15) is 0 Å². The Labute approximate surface area is 157 Å². The molecule has 0 aliphatic rings. The fourth-order valence-electron chi connectivity index (χ4n) is 2.35. The number of pyridine rings is 2. The highest BCUT2D eigenvalue weighted by molar-refractivity contribution is 6.05. The Hall–Kier alpha value is -3.80. The van der Waals surface area contributed by atoms with E-state index in [1.54, 1.807) is 73.3 Å². The number of nitrogens with one attached hydrogen (secondary N) is 2. The summed E-state index contributed by atoms with van der Waals surface area (Å²) in [7, 11) is 0. The zero-order valence-corrected chi connectivity index (χ0v) is 14.5. The number of amides is 2. The molecule has 0 saturated carbocycles. The summed E-state index contributed by atoms with van der Waals surface area (Å²) in [6.45, 7) is 0.304. The second kappa shape index (κ2) is 9.05. The molecule has 0 fully saturated rings. The Morgan fingerprint density at radius 1 is 0.889 bits per heavy atom.